The molecule has 57 heavy (non-hydrogen) atoms. The normalized spacial score (nSPS) is 14.6. The van der Waals surface area contributed by atoms with Gasteiger partial charge in [-0.1, -0.05) is 150 Å². The van der Waals surface area contributed by atoms with Crippen LogP contribution in [0.5, 0.6) is 0 Å². The van der Waals surface area contributed by atoms with Gasteiger partial charge in [-0.2, -0.15) is 0 Å². The first-order valence-electron chi connectivity index (χ1n) is 22.3. The molecule has 9 heteroatoms. The molecule has 0 rings (SSSR count). The van der Waals surface area contributed by atoms with Crippen molar-refractivity contribution < 1.29 is 37.3 Å². The number of ether oxygens (including phenoxy) is 2. The van der Waals surface area contributed by atoms with E-state index in [0.717, 1.165) is 109 Å². The molecule has 0 N–H and O–H groups in total. The molecule has 0 aromatic carbocycles. The Morgan fingerprint density at radius 3 is 1.53 bits per heavy atom. The maximum atomic E-state index is 12.7. The van der Waals surface area contributed by atoms with E-state index >= 15 is 0 Å². The molecule has 8 nitrogen and oxygen atoms in total. The molecule has 0 heterocycles. The molecule has 328 valence electrons. The first kappa shape index (κ1) is 54.7. The van der Waals surface area contributed by atoms with Crippen LogP contribution in [-0.2, 0) is 27.9 Å². The standard InChI is InChI=1S/C48H84NO7P/c1-6-8-10-12-14-16-18-20-21-22-23-24-25-26-27-28-30-32-34-36-38-40-43-53-45-47(46-55-57(51,52)54-44-42-49(3,4)5)56-48(50)41-39-37-35-33-31-29-19-17-15-13-11-9-7-2/h8,10-11,13-14,16-17,19-21,23-24,26-27,47H,6-7,9,12,15,18,22,25,28-46H2,1-5H3/b10-8-,13-11-,16-14-,19-17-,21-20-,24-23-,27-26-. The highest BCUT2D eigenvalue weighted by molar-refractivity contribution is 7.45. The number of allylic oxidation sites excluding steroid dienone is 14. The monoisotopic (exact) mass is 818 g/mol. The van der Waals surface area contributed by atoms with Gasteiger partial charge >= 0.3 is 5.97 Å². The van der Waals surface area contributed by atoms with Crippen molar-refractivity contribution in [3.63, 3.8) is 0 Å². The number of phosphoric acid groups is 1. The molecule has 0 radical (unpaired) electrons. The van der Waals surface area contributed by atoms with Crippen molar-refractivity contribution >= 4 is 13.8 Å². The van der Waals surface area contributed by atoms with E-state index in [0.29, 0.717) is 17.6 Å². The van der Waals surface area contributed by atoms with Crippen LogP contribution in [0.2, 0.25) is 0 Å². The van der Waals surface area contributed by atoms with Crippen molar-refractivity contribution in [2.75, 3.05) is 54.1 Å². The topological polar surface area (TPSA) is 94.1 Å². The maximum absolute atomic E-state index is 12.7. The summed E-state index contributed by atoms with van der Waals surface area (Å²) in [7, 11) is 1.32. The third kappa shape index (κ3) is 44.6. The van der Waals surface area contributed by atoms with E-state index in [1.54, 1.807) is 0 Å². The summed E-state index contributed by atoms with van der Waals surface area (Å²) in [4.78, 5) is 25.0. The van der Waals surface area contributed by atoms with Gasteiger partial charge in [0.05, 0.1) is 34.4 Å². The number of carbonyl (C=O) groups excluding carboxylic acids is 1. The van der Waals surface area contributed by atoms with Crippen LogP contribution in [-0.4, -0.2) is 70.7 Å². The molecule has 0 aromatic rings. The Hall–Kier alpha value is -2.32. The number of rotatable bonds is 40. The Balaban J connectivity index is 4.26. The minimum atomic E-state index is -4.54. The van der Waals surface area contributed by atoms with E-state index in [9.17, 15) is 14.3 Å². The van der Waals surface area contributed by atoms with E-state index in [2.05, 4.69) is 98.9 Å². The molecule has 0 fully saturated rings. The second kappa shape index (κ2) is 40.5. The second-order valence-corrected chi connectivity index (χ2v) is 17.1. The first-order chi connectivity index (χ1) is 27.6. The SMILES string of the molecule is CC/C=C\C/C=C\C/C=C\C/C=C\C/C=C\CCCCCCCCOCC(COP(=O)([O-])OCC[N+](C)(C)C)OC(=O)CCCCCCC/C=C\C/C=C\CCC. The minimum absolute atomic E-state index is 0.0152. The second-order valence-electron chi connectivity index (χ2n) is 15.7. The number of hydrogen-bond donors (Lipinski definition) is 0. The van der Waals surface area contributed by atoms with E-state index < -0.39 is 13.9 Å². The zero-order valence-corrected chi connectivity index (χ0v) is 37.9. The molecule has 0 aromatic heterocycles. The Morgan fingerprint density at radius 1 is 0.561 bits per heavy atom. The van der Waals surface area contributed by atoms with E-state index in [4.69, 9.17) is 18.5 Å². The highest BCUT2D eigenvalue weighted by Crippen LogP contribution is 2.38. The molecule has 0 aliphatic heterocycles. The quantitative estimate of drug-likeness (QED) is 0.0200. The number of carbonyl (C=O) groups is 1. The summed E-state index contributed by atoms with van der Waals surface area (Å²) in [5, 5.41) is 0. The van der Waals surface area contributed by atoms with Crippen LogP contribution in [0.25, 0.3) is 0 Å². The van der Waals surface area contributed by atoms with Gasteiger partial charge in [0.2, 0.25) is 0 Å². The van der Waals surface area contributed by atoms with Gasteiger partial charge in [-0.25, -0.2) is 0 Å². The Bertz CT molecular complexity index is 1180. The lowest BCUT2D eigenvalue weighted by Gasteiger charge is -2.28. The van der Waals surface area contributed by atoms with Crippen LogP contribution in [0.3, 0.4) is 0 Å². The maximum Gasteiger partial charge on any atom is 0.306 e. The summed E-state index contributed by atoms with van der Waals surface area (Å²) < 4.78 is 34.6. The van der Waals surface area contributed by atoms with Crippen molar-refractivity contribution in [3.05, 3.63) is 85.1 Å². The number of unbranched alkanes of at least 4 members (excludes halogenated alkanes) is 12. The molecule has 0 spiro atoms. The highest BCUT2D eigenvalue weighted by Gasteiger charge is 2.20. The fraction of sp³-hybridized carbons (Fsp3) is 0.688. The fourth-order valence-electron chi connectivity index (χ4n) is 5.49. The number of esters is 1. The Kier molecular flexibility index (Phi) is 38.8. The average Bonchev–Trinajstić information content (AvgIpc) is 3.16. The minimum Gasteiger partial charge on any atom is -0.756 e. The average molecular weight is 818 g/mol. The smallest absolute Gasteiger partial charge is 0.306 e. The lowest BCUT2D eigenvalue weighted by molar-refractivity contribution is -0.870. The van der Waals surface area contributed by atoms with Crippen molar-refractivity contribution in [2.24, 2.45) is 0 Å². The van der Waals surface area contributed by atoms with E-state index in [1.165, 1.54) is 25.7 Å². The summed E-state index contributed by atoms with van der Waals surface area (Å²) in [5.41, 5.74) is 0. The van der Waals surface area contributed by atoms with Gasteiger partial charge in [0.25, 0.3) is 7.82 Å². The predicted molar refractivity (Wildman–Crippen MR) is 240 cm³/mol. The Morgan fingerprint density at radius 2 is 1.02 bits per heavy atom. The molecule has 0 aliphatic carbocycles. The van der Waals surface area contributed by atoms with Crippen LogP contribution < -0.4 is 4.89 Å². The van der Waals surface area contributed by atoms with Crippen LogP contribution >= 0.6 is 7.82 Å². The fourth-order valence-corrected chi connectivity index (χ4v) is 6.22. The van der Waals surface area contributed by atoms with Gasteiger partial charge in [-0.15, -0.1) is 0 Å². The van der Waals surface area contributed by atoms with Gasteiger partial charge in [0.15, 0.2) is 0 Å². The van der Waals surface area contributed by atoms with Gasteiger partial charge in [-0.05, 0) is 83.5 Å². The molecule has 0 bridgehead atoms. The molecule has 0 saturated heterocycles. The van der Waals surface area contributed by atoms with Gasteiger partial charge in [0.1, 0.15) is 19.3 Å². The third-order valence-electron chi connectivity index (χ3n) is 8.91. The lowest BCUT2D eigenvalue weighted by Crippen LogP contribution is -2.37. The summed E-state index contributed by atoms with van der Waals surface area (Å²) in [6.45, 7) is 5.15. The molecule has 0 amide bonds. The van der Waals surface area contributed by atoms with Crippen molar-refractivity contribution in [3.8, 4) is 0 Å². The zero-order chi connectivity index (χ0) is 42.0. The lowest BCUT2D eigenvalue weighted by atomic mass is 10.1. The predicted octanol–water partition coefficient (Wildman–Crippen LogP) is 12.6. The summed E-state index contributed by atoms with van der Waals surface area (Å²) in [6, 6.07) is 0. The molecule has 0 saturated carbocycles. The summed E-state index contributed by atoms with van der Waals surface area (Å²) in [6.07, 6.45) is 53.1. The largest absolute Gasteiger partial charge is 0.756 e. The van der Waals surface area contributed by atoms with Crippen molar-refractivity contribution in [1.29, 1.82) is 0 Å². The van der Waals surface area contributed by atoms with E-state index in [1.807, 2.05) is 21.1 Å². The van der Waals surface area contributed by atoms with Gasteiger partial charge in [-0.3, -0.25) is 9.36 Å². The number of quaternary nitrogens is 1. The number of hydrogen-bond acceptors (Lipinski definition) is 7. The van der Waals surface area contributed by atoms with Crippen LogP contribution in [0.15, 0.2) is 85.1 Å². The molecular formula is C48H84NO7P. The van der Waals surface area contributed by atoms with Crippen LogP contribution in [0, 0.1) is 0 Å². The summed E-state index contributed by atoms with van der Waals surface area (Å²) in [5.74, 6) is -0.359. The summed E-state index contributed by atoms with van der Waals surface area (Å²) >= 11 is 0. The number of phosphoric ester groups is 1. The Labute approximate surface area is 350 Å². The first-order valence-corrected chi connectivity index (χ1v) is 23.8. The third-order valence-corrected chi connectivity index (χ3v) is 9.88. The van der Waals surface area contributed by atoms with E-state index in [-0.39, 0.29) is 32.2 Å². The number of likely N-dealkylation sites (N-methyl/N-ethyl adjacent to an activating group) is 1. The van der Waals surface area contributed by atoms with Crippen molar-refractivity contribution in [1.82, 2.24) is 0 Å². The van der Waals surface area contributed by atoms with Crippen molar-refractivity contribution in [2.45, 2.75) is 161 Å². The van der Waals surface area contributed by atoms with Gasteiger partial charge < -0.3 is 27.9 Å². The molecule has 2 unspecified atom stereocenters. The molecule has 0 aliphatic rings. The van der Waals surface area contributed by atoms with Crippen LogP contribution in [0.1, 0.15) is 155 Å². The molecule has 2 atom stereocenters. The molecular weight excluding hydrogens is 734 g/mol. The van der Waals surface area contributed by atoms with Crippen LogP contribution in [0.4, 0.5) is 0 Å². The zero-order valence-electron chi connectivity index (χ0n) is 37.0. The highest BCUT2D eigenvalue weighted by atomic mass is 31.2. The van der Waals surface area contributed by atoms with Gasteiger partial charge in [0, 0.05) is 13.0 Å². The number of nitrogens with zero attached hydrogens (tertiary/aromatic N) is 1.